The number of nitrogens with zero attached hydrogens (tertiary/aromatic N) is 2. The van der Waals surface area contributed by atoms with Crippen LogP contribution in [-0.2, 0) is 16.0 Å². The van der Waals surface area contributed by atoms with Crippen LogP contribution in [0.3, 0.4) is 0 Å². The van der Waals surface area contributed by atoms with Gasteiger partial charge in [0.1, 0.15) is 5.60 Å². The Morgan fingerprint density at radius 3 is 2.56 bits per heavy atom. The summed E-state index contributed by atoms with van der Waals surface area (Å²) in [6.45, 7) is 11.8. The third-order valence-corrected chi connectivity index (χ3v) is 6.87. The van der Waals surface area contributed by atoms with Crippen molar-refractivity contribution in [2.75, 3.05) is 19.6 Å². The van der Waals surface area contributed by atoms with Crippen LogP contribution in [-0.4, -0.2) is 71.2 Å². The van der Waals surface area contributed by atoms with Crippen molar-refractivity contribution in [3.05, 3.63) is 35.9 Å². The van der Waals surface area contributed by atoms with Crippen LogP contribution in [0.25, 0.3) is 0 Å². The summed E-state index contributed by atoms with van der Waals surface area (Å²) in [5.74, 6) is 0.631. The molecule has 3 rings (SSSR count). The number of benzene rings is 1. The predicted molar refractivity (Wildman–Crippen MR) is 135 cm³/mol. The molecule has 7 heteroatoms. The van der Waals surface area contributed by atoms with Crippen LogP contribution >= 0.6 is 0 Å². The molecule has 7 nitrogen and oxygen atoms in total. The van der Waals surface area contributed by atoms with Gasteiger partial charge in [-0.05, 0) is 64.4 Å². The number of ether oxygens (including phenoxy) is 1. The molecule has 0 radical (unpaired) electrons. The maximum atomic E-state index is 13.8. The summed E-state index contributed by atoms with van der Waals surface area (Å²) in [5.41, 5.74) is 6.90. The van der Waals surface area contributed by atoms with Gasteiger partial charge in [-0.15, -0.1) is 0 Å². The van der Waals surface area contributed by atoms with Crippen molar-refractivity contribution in [1.29, 1.82) is 0 Å². The first-order valence-corrected chi connectivity index (χ1v) is 12.9. The van der Waals surface area contributed by atoms with Gasteiger partial charge in [0.25, 0.3) is 0 Å². The Morgan fingerprint density at radius 1 is 1.24 bits per heavy atom. The second kappa shape index (κ2) is 11.5. The maximum Gasteiger partial charge on any atom is 0.407 e. The molecule has 3 N–H and O–H groups in total. The summed E-state index contributed by atoms with van der Waals surface area (Å²) in [5, 5.41) is 3.02. The smallest absolute Gasteiger partial charge is 0.407 e. The van der Waals surface area contributed by atoms with Crippen molar-refractivity contribution in [3.8, 4) is 0 Å². The zero-order valence-electron chi connectivity index (χ0n) is 21.6. The van der Waals surface area contributed by atoms with Crippen LogP contribution in [0.2, 0.25) is 0 Å². The van der Waals surface area contributed by atoms with Crippen LogP contribution in [0.5, 0.6) is 0 Å². The van der Waals surface area contributed by atoms with E-state index in [9.17, 15) is 9.59 Å². The normalized spacial score (nSPS) is 24.6. The number of hydrogen-bond acceptors (Lipinski definition) is 5. The average Bonchev–Trinajstić information content (AvgIpc) is 3.12. The first-order valence-electron chi connectivity index (χ1n) is 12.9. The first-order chi connectivity index (χ1) is 16.1. The van der Waals surface area contributed by atoms with Crippen LogP contribution in [0.1, 0.15) is 65.9 Å². The molecule has 1 aromatic carbocycles. The van der Waals surface area contributed by atoms with Crippen molar-refractivity contribution in [1.82, 2.24) is 15.1 Å². The van der Waals surface area contributed by atoms with Gasteiger partial charge in [0.15, 0.2) is 0 Å². The zero-order valence-corrected chi connectivity index (χ0v) is 21.6. The van der Waals surface area contributed by atoms with Gasteiger partial charge in [-0.25, -0.2) is 4.79 Å². The minimum absolute atomic E-state index is 0.0556. The van der Waals surface area contributed by atoms with Gasteiger partial charge in [0.2, 0.25) is 5.91 Å². The third kappa shape index (κ3) is 7.19. The molecule has 0 saturated carbocycles. The molecule has 4 atom stereocenters. The fourth-order valence-electron chi connectivity index (χ4n) is 5.39. The van der Waals surface area contributed by atoms with Gasteiger partial charge < -0.3 is 20.7 Å². The van der Waals surface area contributed by atoms with E-state index < -0.39 is 11.7 Å². The van der Waals surface area contributed by atoms with Gasteiger partial charge in [-0.3, -0.25) is 9.69 Å². The lowest BCUT2D eigenvalue weighted by atomic mass is 10.00. The summed E-state index contributed by atoms with van der Waals surface area (Å²) in [6, 6.07) is 10.5. The zero-order chi connectivity index (χ0) is 24.9. The standard InChI is InChI=1S/C27H44N4O3/c1-19(2)15-23(17-28)30-14-13-22(12-11-20-9-7-6-8-10-20)31-18-21(16-24(31)25(30)32)29-26(33)34-27(3,4)5/h6-10,19,21-24H,11-18,28H2,1-5H3,(H,29,33)/t21-,22?,23-,24+/m1/s1. The maximum absolute atomic E-state index is 13.8. The van der Waals surface area contributed by atoms with Crippen LogP contribution in [0.15, 0.2) is 30.3 Å². The molecule has 0 spiro atoms. The number of fused-ring (bicyclic) bond motifs is 1. The summed E-state index contributed by atoms with van der Waals surface area (Å²) in [7, 11) is 0. The molecular formula is C27H44N4O3. The highest BCUT2D eigenvalue weighted by Crippen LogP contribution is 2.31. The van der Waals surface area contributed by atoms with Gasteiger partial charge in [-0.1, -0.05) is 44.2 Å². The molecule has 0 aliphatic carbocycles. The number of carbonyl (C=O) groups is 2. The van der Waals surface area contributed by atoms with E-state index in [1.54, 1.807) is 0 Å². The van der Waals surface area contributed by atoms with Crippen molar-refractivity contribution in [2.45, 2.75) is 96.5 Å². The van der Waals surface area contributed by atoms with E-state index in [2.05, 4.69) is 48.3 Å². The lowest BCUT2D eigenvalue weighted by molar-refractivity contribution is -0.137. The molecular weight excluding hydrogens is 428 g/mol. The Hall–Kier alpha value is -2.12. The summed E-state index contributed by atoms with van der Waals surface area (Å²) >= 11 is 0. The van der Waals surface area contributed by atoms with E-state index in [1.165, 1.54) is 5.56 Å². The molecule has 2 amide bonds. The van der Waals surface area contributed by atoms with Gasteiger partial charge in [-0.2, -0.15) is 0 Å². The highest BCUT2D eigenvalue weighted by atomic mass is 16.6. The second-order valence-electron chi connectivity index (χ2n) is 11.3. The number of nitrogens with two attached hydrogens (primary N) is 1. The molecule has 1 unspecified atom stereocenters. The number of aryl methyl sites for hydroxylation is 1. The highest BCUT2D eigenvalue weighted by molar-refractivity contribution is 5.83. The first kappa shape index (κ1) is 26.5. The van der Waals surface area contributed by atoms with E-state index in [4.69, 9.17) is 10.5 Å². The largest absolute Gasteiger partial charge is 0.444 e. The summed E-state index contributed by atoms with van der Waals surface area (Å²) in [4.78, 5) is 30.6. The van der Waals surface area contributed by atoms with E-state index in [0.29, 0.717) is 25.4 Å². The van der Waals surface area contributed by atoms with Crippen molar-refractivity contribution in [3.63, 3.8) is 0 Å². The average molecular weight is 473 g/mol. The summed E-state index contributed by atoms with van der Waals surface area (Å²) in [6.07, 6.45) is 3.97. The fourth-order valence-corrected chi connectivity index (χ4v) is 5.39. The van der Waals surface area contributed by atoms with E-state index in [-0.39, 0.29) is 30.1 Å². The Bertz CT molecular complexity index is 808. The molecule has 1 aromatic rings. The molecule has 2 saturated heterocycles. The Kier molecular flexibility index (Phi) is 8.99. The second-order valence-corrected chi connectivity index (χ2v) is 11.3. The van der Waals surface area contributed by atoms with Crippen LogP contribution < -0.4 is 11.1 Å². The topological polar surface area (TPSA) is 87.9 Å². The molecule has 2 aliphatic rings. The quantitative estimate of drug-likeness (QED) is 0.604. The number of alkyl carbamates (subject to hydrolysis) is 1. The monoisotopic (exact) mass is 472 g/mol. The Morgan fingerprint density at radius 2 is 1.94 bits per heavy atom. The van der Waals surface area contributed by atoms with E-state index >= 15 is 0 Å². The van der Waals surface area contributed by atoms with Gasteiger partial charge in [0, 0.05) is 37.8 Å². The van der Waals surface area contributed by atoms with Gasteiger partial charge >= 0.3 is 6.09 Å². The number of carbonyl (C=O) groups excluding carboxylic acids is 2. The van der Waals surface area contributed by atoms with E-state index in [0.717, 1.165) is 32.2 Å². The molecule has 0 bridgehead atoms. The molecule has 2 fully saturated rings. The third-order valence-electron chi connectivity index (χ3n) is 6.87. The molecule has 190 valence electrons. The van der Waals surface area contributed by atoms with Crippen molar-refractivity contribution >= 4 is 12.0 Å². The van der Waals surface area contributed by atoms with Crippen LogP contribution in [0.4, 0.5) is 4.79 Å². The lowest BCUT2D eigenvalue weighted by Gasteiger charge is -2.33. The van der Waals surface area contributed by atoms with E-state index in [1.807, 2.05) is 31.7 Å². The SMILES string of the molecule is CC(C)C[C@H](CN)N1CCC(CCc2ccccc2)N2C[C@H](NC(=O)OC(C)(C)C)C[C@H]2C1=O. The summed E-state index contributed by atoms with van der Waals surface area (Å²) < 4.78 is 5.48. The molecule has 34 heavy (non-hydrogen) atoms. The minimum Gasteiger partial charge on any atom is -0.444 e. The van der Waals surface area contributed by atoms with Gasteiger partial charge in [0.05, 0.1) is 6.04 Å². The molecule has 2 heterocycles. The number of rotatable bonds is 8. The molecule has 2 aliphatic heterocycles. The number of nitrogens with one attached hydrogen (secondary N) is 1. The Labute approximate surface area is 205 Å². The minimum atomic E-state index is -0.552. The number of amides is 2. The fraction of sp³-hybridized carbons (Fsp3) is 0.704. The van der Waals surface area contributed by atoms with Crippen molar-refractivity contribution in [2.24, 2.45) is 11.7 Å². The van der Waals surface area contributed by atoms with Crippen molar-refractivity contribution < 1.29 is 14.3 Å². The van der Waals surface area contributed by atoms with Crippen LogP contribution in [0, 0.1) is 5.92 Å². The molecule has 0 aromatic heterocycles. The predicted octanol–water partition coefficient (Wildman–Crippen LogP) is 3.56. The number of hydrogen-bond donors (Lipinski definition) is 2. The highest BCUT2D eigenvalue weighted by Gasteiger charge is 2.45. The Balaban J connectivity index is 1.77. The lowest BCUT2D eigenvalue weighted by Crippen LogP contribution is -2.50.